The molecular weight excluding hydrogens is 240 g/mol. The van der Waals surface area contributed by atoms with Crippen molar-refractivity contribution in [1.82, 2.24) is 0 Å². The molecule has 0 heterocycles. The Labute approximate surface area is 106 Å². The molecule has 0 bridgehead atoms. The number of aliphatic carboxylic acids is 1. The van der Waals surface area contributed by atoms with E-state index in [-0.39, 0.29) is 0 Å². The molecule has 0 aromatic heterocycles. The van der Waals surface area contributed by atoms with Crippen LogP contribution in [-0.2, 0) is 17.6 Å². The molecule has 1 atom stereocenters. The van der Waals surface area contributed by atoms with Crippen molar-refractivity contribution in [1.29, 1.82) is 0 Å². The molecule has 0 aliphatic rings. The smallest absolute Gasteiger partial charge is 0.306 e. The molecule has 0 aliphatic carbocycles. The van der Waals surface area contributed by atoms with Crippen LogP contribution in [0.3, 0.4) is 0 Å². The maximum atomic E-state index is 10.9. The molecule has 3 nitrogen and oxygen atoms in total. The first-order chi connectivity index (χ1) is 7.99. The van der Waals surface area contributed by atoms with Crippen molar-refractivity contribution in [3.63, 3.8) is 0 Å². The van der Waals surface area contributed by atoms with Crippen molar-refractivity contribution in [2.45, 2.75) is 26.7 Å². The van der Waals surface area contributed by atoms with E-state index >= 15 is 0 Å². The van der Waals surface area contributed by atoms with Gasteiger partial charge in [0.25, 0.3) is 0 Å². The third-order valence-electron chi connectivity index (χ3n) is 2.79. The average molecular weight is 257 g/mol. The highest BCUT2D eigenvalue weighted by Gasteiger charge is 2.16. The minimum absolute atomic E-state index is 0.427. The predicted molar refractivity (Wildman–Crippen MR) is 67.9 cm³/mol. The largest absolute Gasteiger partial charge is 0.496 e. The van der Waals surface area contributed by atoms with Gasteiger partial charge in [-0.05, 0) is 36.1 Å². The highest BCUT2D eigenvalue weighted by molar-refractivity contribution is 6.30. The molecule has 17 heavy (non-hydrogen) atoms. The predicted octanol–water partition coefficient (Wildman–Crippen LogP) is 3.17. The average Bonchev–Trinajstić information content (AvgIpc) is 2.27. The van der Waals surface area contributed by atoms with E-state index in [4.69, 9.17) is 21.4 Å². The van der Waals surface area contributed by atoms with Gasteiger partial charge < -0.3 is 9.84 Å². The molecule has 1 rings (SSSR count). The van der Waals surface area contributed by atoms with Gasteiger partial charge in [0, 0.05) is 5.02 Å². The van der Waals surface area contributed by atoms with E-state index in [0.717, 1.165) is 23.3 Å². The number of carboxylic acid groups (broad SMARTS) is 1. The Morgan fingerprint density at radius 1 is 1.53 bits per heavy atom. The first-order valence-electron chi connectivity index (χ1n) is 5.57. The number of rotatable bonds is 5. The third kappa shape index (κ3) is 3.37. The van der Waals surface area contributed by atoms with Gasteiger partial charge in [0.2, 0.25) is 0 Å². The molecule has 1 aromatic carbocycles. The van der Waals surface area contributed by atoms with Crippen LogP contribution in [0.15, 0.2) is 12.1 Å². The van der Waals surface area contributed by atoms with E-state index in [0.29, 0.717) is 11.4 Å². The molecular formula is C13H17ClO3. The second-order valence-electron chi connectivity index (χ2n) is 4.04. The summed E-state index contributed by atoms with van der Waals surface area (Å²) in [7, 11) is 1.59. The van der Waals surface area contributed by atoms with Crippen LogP contribution in [0, 0.1) is 5.92 Å². The molecule has 1 unspecified atom stereocenters. The fourth-order valence-electron chi connectivity index (χ4n) is 1.85. The molecule has 94 valence electrons. The number of carbonyl (C=O) groups is 1. The number of ether oxygens (including phenoxy) is 1. The van der Waals surface area contributed by atoms with Crippen LogP contribution >= 0.6 is 11.6 Å². The summed E-state index contributed by atoms with van der Waals surface area (Å²) >= 11 is 5.99. The summed E-state index contributed by atoms with van der Waals surface area (Å²) in [5.41, 5.74) is 1.98. The van der Waals surface area contributed by atoms with E-state index in [1.165, 1.54) is 0 Å². The summed E-state index contributed by atoms with van der Waals surface area (Å²) in [5, 5.41) is 9.51. The Balaban J connectivity index is 3.12. The highest BCUT2D eigenvalue weighted by atomic mass is 35.5. The molecule has 0 amide bonds. The Morgan fingerprint density at radius 3 is 2.65 bits per heavy atom. The minimum atomic E-state index is -0.800. The SMILES string of the molecule is CCc1c(CC(C)C(=O)O)cc(Cl)cc1OC. The zero-order valence-electron chi connectivity index (χ0n) is 10.3. The number of hydrogen-bond donors (Lipinski definition) is 1. The van der Waals surface area contributed by atoms with Gasteiger partial charge in [0.05, 0.1) is 13.0 Å². The minimum Gasteiger partial charge on any atom is -0.496 e. The van der Waals surface area contributed by atoms with Crippen LogP contribution in [-0.4, -0.2) is 18.2 Å². The summed E-state index contributed by atoms with van der Waals surface area (Å²) in [6.07, 6.45) is 1.26. The topological polar surface area (TPSA) is 46.5 Å². The first kappa shape index (κ1) is 13.8. The van der Waals surface area contributed by atoms with E-state index in [1.807, 2.05) is 13.0 Å². The van der Waals surface area contributed by atoms with Gasteiger partial charge in [0.15, 0.2) is 0 Å². The zero-order valence-corrected chi connectivity index (χ0v) is 11.0. The summed E-state index contributed by atoms with van der Waals surface area (Å²) in [6, 6.07) is 3.58. The monoisotopic (exact) mass is 256 g/mol. The summed E-state index contributed by atoms with van der Waals surface area (Å²) in [5.74, 6) is -0.498. The zero-order chi connectivity index (χ0) is 13.0. The maximum Gasteiger partial charge on any atom is 0.306 e. The second-order valence-corrected chi connectivity index (χ2v) is 4.48. The van der Waals surface area contributed by atoms with Crippen LogP contribution < -0.4 is 4.74 Å². The van der Waals surface area contributed by atoms with Crippen molar-refractivity contribution in [2.24, 2.45) is 5.92 Å². The molecule has 0 aliphatic heterocycles. The first-order valence-corrected chi connectivity index (χ1v) is 5.95. The number of methoxy groups -OCH3 is 1. The van der Waals surface area contributed by atoms with Crippen molar-refractivity contribution >= 4 is 17.6 Å². The standard InChI is InChI=1S/C13H17ClO3/c1-4-11-9(5-8(2)13(15)16)6-10(14)7-12(11)17-3/h6-8H,4-5H2,1-3H3,(H,15,16). The van der Waals surface area contributed by atoms with Gasteiger partial charge in [-0.3, -0.25) is 4.79 Å². The highest BCUT2D eigenvalue weighted by Crippen LogP contribution is 2.29. The van der Waals surface area contributed by atoms with E-state index in [9.17, 15) is 4.79 Å². The number of hydrogen-bond acceptors (Lipinski definition) is 2. The molecule has 0 fully saturated rings. The van der Waals surface area contributed by atoms with Crippen molar-refractivity contribution in [3.05, 3.63) is 28.3 Å². The lowest BCUT2D eigenvalue weighted by atomic mass is 9.95. The van der Waals surface area contributed by atoms with Gasteiger partial charge in [-0.25, -0.2) is 0 Å². The number of carboxylic acids is 1. The normalized spacial score (nSPS) is 12.2. The Kier molecular flexibility index (Phi) is 4.82. The van der Waals surface area contributed by atoms with E-state index in [2.05, 4.69) is 0 Å². The summed E-state index contributed by atoms with van der Waals surface area (Å²) in [6.45, 7) is 3.70. The molecule has 0 radical (unpaired) electrons. The van der Waals surface area contributed by atoms with Crippen molar-refractivity contribution in [2.75, 3.05) is 7.11 Å². The summed E-state index contributed by atoms with van der Waals surface area (Å²) < 4.78 is 5.27. The van der Waals surface area contributed by atoms with Crippen LogP contribution in [0.25, 0.3) is 0 Å². The quantitative estimate of drug-likeness (QED) is 0.880. The van der Waals surface area contributed by atoms with Crippen LogP contribution in [0.5, 0.6) is 5.75 Å². The molecule has 0 spiro atoms. The molecule has 4 heteroatoms. The lowest BCUT2D eigenvalue weighted by Gasteiger charge is -2.15. The van der Waals surface area contributed by atoms with Gasteiger partial charge in [-0.15, -0.1) is 0 Å². The Hall–Kier alpha value is -1.22. The van der Waals surface area contributed by atoms with Crippen molar-refractivity contribution in [3.8, 4) is 5.75 Å². The maximum absolute atomic E-state index is 10.9. The van der Waals surface area contributed by atoms with E-state index in [1.54, 1.807) is 20.1 Å². The van der Waals surface area contributed by atoms with Crippen LogP contribution in [0.4, 0.5) is 0 Å². The molecule has 1 N–H and O–H groups in total. The molecule has 0 saturated heterocycles. The van der Waals surface area contributed by atoms with Gasteiger partial charge in [0.1, 0.15) is 5.75 Å². The van der Waals surface area contributed by atoms with Gasteiger partial charge in [-0.2, -0.15) is 0 Å². The number of benzene rings is 1. The van der Waals surface area contributed by atoms with Crippen molar-refractivity contribution < 1.29 is 14.6 Å². The Morgan fingerprint density at radius 2 is 2.18 bits per heavy atom. The fourth-order valence-corrected chi connectivity index (χ4v) is 2.08. The number of halogens is 1. The second kappa shape index (κ2) is 5.92. The Bertz CT molecular complexity index is 415. The van der Waals surface area contributed by atoms with Gasteiger partial charge >= 0.3 is 5.97 Å². The molecule has 0 saturated carbocycles. The van der Waals surface area contributed by atoms with Crippen LogP contribution in [0.1, 0.15) is 25.0 Å². The summed E-state index contributed by atoms with van der Waals surface area (Å²) in [4.78, 5) is 10.9. The van der Waals surface area contributed by atoms with E-state index < -0.39 is 11.9 Å². The molecule has 1 aromatic rings. The fraction of sp³-hybridized carbons (Fsp3) is 0.462. The van der Waals surface area contributed by atoms with Crippen LogP contribution in [0.2, 0.25) is 5.02 Å². The lowest BCUT2D eigenvalue weighted by Crippen LogP contribution is -2.13. The lowest BCUT2D eigenvalue weighted by molar-refractivity contribution is -0.141. The third-order valence-corrected chi connectivity index (χ3v) is 3.01. The van der Waals surface area contributed by atoms with Gasteiger partial charge in [-0.1, -0.05) is 25.4 Å².